The summed E-state index contributed by atoms with van der Waals surface area (Å²) in [5.74, 6) is -0.672. The van der Waals surface area contributed by atoms with Crippen LogP contribution in [0, 0.1) is 5.82 Å². The van der Waals surface area contributed by atoms with Gasteiger partial charge in [0.1, 0.15) is 0 Å². The lowest BCUT2D eigenvalue weighted by atomic mass is 10.2. The summed E-state index contributed by atoms with van der Waals surface area (Å²) in [4.78, 5) is 11.8. The predicted octanol–water partition coefficient (Wildman–Crippen LogP) is 1.82. The summed E-state index contributed by atoms with van der Waals surface area (Å²) in [5, 5.41) is 2.65. The van der Waals surface area contributed by atoms with Gasteiger partial charge in [-0.25, -0.2) is 4.39 Å². The van der Waals surface area contributed by atoms with Gasteiger partial charge in [0.15, 0.2) is 11.6 Å². The summed E-state index contributed by atoms with van der Waals surface area (Å²) in [6.07, 6.45) is 0. The average Bonchev–Trinajstić information content (AvgIpc) is 2.37. The number of rotatable bonds is 6. The summed E-state index contributed by atoms with van der Waals surface area (Å²) in [5.41, 5.74) is 0.208. The number of ether oxygens (including phenoxy) is 2. The molecule has 0 aliphatic rings. The molecule has 100 valence electrons. The Balaban J connectivity index is 2.74. The van der Waals surface area contributed by atoms with Gasteiger partial charge >= 0.3 is 0 Å². The van der Waals surface area contributed by atoms with Crippen LogP contribution in [0.1, 0.15) is 10.4 Å². The zero-order chi connectivity index (χ0) is 13.5. The van der Waals surface area contributed by atoms with Crippen LogP contribution in [0.2, 0.25) is 0 Å². The third kappa shape index (κ3) is 3.85. The molecule has 0 aromatic heterocycles. The van der Waals surface area contributed by atoms with Crippen LogP contribution in [0.25, 0.3) is 0 Å². The van der Waals surface area contributed by atoms with Crippen molar-refractivity contribution in [2.24, 2.45) is 0 Å². The zero-order valence-electron chi connectivity index (χ0n) is 10.2. The topological polar surface area (TPSA) is 47.6 Å². The Hall–Kier alpha value is -1.33. The largest absolute Gasteiger partial charge is 0.494 e. The molecule has 0 aliphatic carbocycles. The molecule has 4 nitrogen and oxygen atoms in total. The molecule has 0 saturated carbocycles. The number of carbonyl (C=O) groups is 1. The van der Waals surface area contributed by atoms with Crippen molar-refractivity contribution >= 4 is 17.5 Å². The van der Waals surface area contributed by atoms with Crippen LogP contribution in [-0.4, -0.2) is 38.7 Å². The molecule has 0 spiro atoms. The Bertz CT molecular complexity index is 414. The Morgan fingerprint density at radius 2 is 2.22 bits per heavy atom. The molecule has 1 atom stereocenters. The number of hydrogen-bond donors (Lipinski definition) is 1. The molecular formula is C12H15ClFNO3. The second-order valence-corrected chi connectivity index (χ2v) is 3.94. The van der Waals surface area contributed by atoms with E-state index in [2.05, 4.69) is 5.32 Å². The van der Waals surface area contributed by atoms with E-state index in [0.717, 1.165) is 6.07 Å². The molecule has 0 aliphatic heterocycles. The average molecular weight is 276 g/mol. The summed E-state index contributed by atoms with van der Waals surface area (Å²) < 4.78 is 23.1. The molecule has 0 fully saturated rings. The molecule has 1 rings (SSSR count). The Kier molecular flexibility index (Phi) is 5.88. The minimum atomic E-state index is -0.584. The van der Waals surface area contributed by atoms with E-state index < -0.39 is 11.7 Å². The van der Waals surface area contributed by atoms with Crippen molar-refractivity contribution in [2.75, 3.05) is 26.7 Å². The molecule has 6 heteroatoms. The van der Waals surface area contributed by atoms with Crippen LogP contribution >= 0.6 is 11.6 Å². The highest BCUT2D eigenvalue weighted by Gasteiger charge is 2.14. The first kappa shape index (κ1) is 14.7. The smallest absolute Gasteiger partial charge is 0.251 e. The standard InChI is InChI=1S/C12H15ClFNO3/c1-17-7-9(6-13)15-12(16)8-3-4-11(18-2)10(14)5-8/h3-5,9H,6-7H2,1-2H3,(H,15,16). The number of benzene rings is 1. The van der Waals surface area contributed by atoms with Gasteiger partial charge in [0.2, 0.25) is 0 Å². The van der Waals surface area contributed by atoms with Gasteiger partial charge in [0.05, 0.1) is 19.8 Å². The Labute approximate surface area is 110 Å². The third-order valence-electron chi connectivity index (χ3n) is 2.30. The van der Waals surface area contributed by atoms with Crippen LogP contribution in [0.4, 0.5) is 4.39 Å². The molecule has 1 aromatic rings. The van der Waals surface area contributed by atoms with Crippen LogP contribution in [-0.2, 0) is 4.74 Å². The molecule has 1 unspecified atom stereocenters. The first-order chi connectivity index (χ1) is 8.62. The van der Waals surface area contributed by atoms with Gasteiger partial charge in [0.25, 0.3) is 5.91 Å². The molecule has 1 N–H and O–H groups in total. The lowest BCUT2D eigenvalue weighted by Gasteiger charge is -2.15. The fourth-order valence-electron chi connectivity index (χ4n) is 1.40. The maximum absolute atomic E-state index is 13.4. The maximum Gasteiger partial charge on any atom is 0.251 e. The highest BCUT2D eigenvalue weighted by molar-refractivity contribution is 6.18. The molecular weight excluding hydrogens is 261 g/mol. The zero-order valence-corrected chi connectivity index (χ0v) is 11.0. The lowest BCUT2D eigenvalue weighted by Crippen LogP contribution is -2.39. The van der Waals surface area contributed by atoms with E-state index in [0.29, 0.717) is 6.61 Å². The van der Waals surface area contributed by atoms with Gasteiger partial charge < -0.3 is 14.8 Å². The fourth-order valence-corrected chi connectivity index (χ4v) is 1.57. The van der Waals surface area contributed by atoms with E-state index >= 15 is 0 Å². The lowest BCUT2D eigenvalue weighted by molar-refractivity contribution is 0.0906. The van der Waals surface area contributed by atoms with E-state index in [-0.39, 0.29) is 23.2 Å². The SMILES string of the molecule is COCC(CCl)NC(=O)c1ccc(OC)c(F)c1. The minimum Gasteiger partial charge on any atom is -0.494 e. The van der Waals surface area contributed by atoms with E-state index in [1.807, 2.05) is 0 Å². The summed E-state index contributed by atoms with van der Waals surface area (Å²) in [6, 6.07) is 3.69. The highest BCUT2D eigenvalue weighted by Crippen LogP contribution is 2.17. The first-order valence-corrected chi connectivity index (χ1v) is 5.85. The number of alkyl halides is 1. The molecule has 0 bridgehead atoms. The highest BCUT2D eigenvalue weighted by atomic mass is 35.5. The van der Waals surface area contributed by atoms with Gasteiger partial charge in [0, 0.05) is 18.6 Å². The van der Waals surface area contributed by atoms with Crippen molar-refractivity contribution in [2.45, 2.75) is 6.04 Å². The minimum absolute atomic E-state index is 0.0948. The van der Waals surface area contributed by atoms with Crippen molar-refractivity contribution in [3.05, 3.63) is 29.6 Å². The van der Waals surface area contributed by atoms with Gasteiger partial charge in [-0.1, -0.05) is 0 Å². The molecule has 1 aromatic carbocycles. The van der Waals surface area contributed by atoms with Crippen LogP contribution in [0.15, 0.2) is 18.2 Å². The number of halogens is 2. The second kappa shape index (κ2) is 7.18. The predicted molar refractivity (Wildman–Crippen MR) is 66.8 cm³/mol. The fraction of sp³-hybridized carbons (Fsp3) is 0.417. The second-order valence-electron chi connectivity index (χ2n) is 3.63. The summed E-state index contributed by atoms with van der Waals surface area (Å²) in [7, 11) is 2.87. The van der Waals surface area contributed by atoms with Crippen molar-refractivity contribution in [1.82, 2.24) is 5.32 Å². The van der Waals surface area contributed by atoms with Crippen LogP contribution in [0.5, 0.6) is 5.75 Å². The third-order valence-corrected chi connectivity index (χ3v) is 2.68. The van der Waals surface area contributed by atoms with E-state index in [4.69, 9.17) is 21.1 Å². The van der Waals surface area contributed by atoms with Gasteiger partial charge in [-0.15, -0.1) is 11.6 Å². The van der Waals surface area contributed by atoms with Crippen LogP contribution in [0.3, 0.4) is 0 Å². The van der Waals surface area contributed by atoms with E-state index in [9.17, 15) is 9.18 Å². The molecule has 18 heavy (non-hydrogen) atoms. The number of methoxy groups -OCH3 is 2. The number of amides is 1. The van der Waals surface area contributed by atoms with Gasteiger partial charge in [-0.2, -0.15) is 0 Å². The molecule has 1 amide bonds. The van der Waals surface area contributed by atoms with Gasteiger partial charge in [-0.05, 0) is 18.2 Å². The van der Waals surface area contributed by atoms with Crippen molar-refractivity contribution in [3.8, 4) is 5.75 Å². The first-order valence-electron chi connectivity index (χ1n) is 5.31. The Morgan fingerprint density at radius 3 is 2.72 bits per heavy atom. The van der Waals surface area contributed by atoms with Gasteiger partial charge in [-0.3, -0.25) is 4.79 Å². The van der Waals surface area contributed by atoms with Crippen molar-refractivity contribution < 1.29 is 18.7 Å². The quantitative estimate of drug-likeness (QED) is 0.806. The van der Waals surface area contributed by atoms with Crippen molar-refractivity contribution in [3.63, 3.8) is 0 Å². The number of carbonyl (C=O) groups excluding carboxylic acids is 1. The maximum atomic E-state index is 13.4. The molecule has 0 heterocycles. The molecule has 0 saturated heterocycles. The monoisotopic (exact) mass is 275 g/mol. The normalized spacial score (nSPS) is 12.0. The Morgan fingerprint density at radius 1 is 1.50 bits per heavy atom. The van der Waals surface area contributed by atoms with E-state index in [1.165, 1.54) is 26.4 Å². The number of hydrogen-bond acceptors (Lipinski definition) is 3. The summed E-state index contributed by atoms with van der Waals surface area (Å²) >= 11 is 5.67. The number of nitrogens with one attached hydrogen (secondary N) is 1. The summed E-state index contributed by atoms with van der Waals surface area (Å²) in [6.45, 7) is 0.299. The van der Waals surface area contributed by atoms with Crippen LogP contribution < -0.4 is 10.1 Å². The van der Waals surface area contributed by atoms with Crippen molar-refractivity contribution in [1.29, 1.82) is 0 Å². The molecule has 0 radical (unpaired) electrons. The van der Waals surface area contributed by atoms with E-state index in [1.54, 1.807) is 0 Å².